The highest BCUT2D eigenvalue weighted by Crippen LogP contribution is 2.09. The Bertz CT molecular complexity index is 310. The van der Waals surface area contributed by atoms with Gasteiger partial charge in [-0.3, -0.25) is 0 Å². The third-order valence-electron chi connectivity index (χ3n) is 1.58. The van der Waals surface area contributed by atoms with Crippen molar-refractivity contribution in [2.75, 3.05) is 25.6 Å². The topological polar surface area (TPSA) is 92.8 Å². The molecule has 0 aliphatic rings. The number of oxime groups is 1. The third-order valence-corrected chi connectivity index (χ3v) is 1.58. The van der Waals surface area contributed by atoms with Gasteiger partial charge in [-0.05, 0) is 17.2 Å². The number of hydrogen-bond donors (Lipinski definition) is 2. The minimum atomic E-state index is 0.339. The SMILES string of the molecule is COCCNc1nonc1/C(C)=N/O. The standard InChI is InChI=1S/C7H12N4O3/c1-5(9-12)6-7(11-14-10-6)8-3-4-13-2/h12H,3-4H2,1-2H3,(H,8,11)/b9-5+. The van der Waals surface area contributed by atoms with E-state index in [4.69, 9.17) is 9.94 Å². The molecule has 0 amide bonds. The predicted octanol–water partition coefficient (Wildman–Crippen LogP) is 0.326. The van der Waals surface area contributed by atoms with Crippen LogP contribution in [-0.4, -0.2) is 41.5 Å². The van der Waals surface area contributed by atoms with E-state index in [0.717, 1.165) is 0 Å². The second kappa shape index (κ2) is 5.18. The van der Waals surface area contributed by atoms with Gasteiger partial charge < -0.3 is 15.3 Å². The van der Waals surface area contributed by atoms with Crippen LogP contribution in [0.25, 0.3) is 0 Å². The molecule has 0 unspecified atom stereocenters. The number of rotatable bonds is 5. The van der Waals surface area contributed by atoms with Crippen LogP contribution < -0.4 is 5.32 Å². The van der Waals surface area contributed by atoms with Crippen molar-refractivity contribution in [3.05, 3.63) is 5.69 Å². The largest absolute Gasteiger partial charge is 0.411 e. The van der Waals surface area contributed by atoms with E-state index >= 15 is 0 Å². The van der Waals surface area contributed by atoms with E-state index in [0.29, 0.717) is 30.4 Å². The summed E-state index contributed by atoms with van der Waals surface area (Å²) in [6.45, 7) is 2.72. The smallest absolute Gasteiger partial charge is 0.200 e. The van der Waals surface area contributed by atoms with Crippen molar-refractivity contribution >= 4 is 11.5 Å². The Morgan fingerprint density at radius 3 is 3.07 bits per heavy atom. The zero-order valence-corrected chi connectivity index (χ0v) is 8.02. The van der Waals surface area contributed by atoms with Crippen LogP contribution in [0.3, 0.4) is 0 Å². The molecule has 1 heterocycles. The van der Waals surface area contributed by atoms with E-state index in [1.165, 1.54) is 0 Å². The number of anilines is 1. The van der Waals surface area contributed by atoms with Crippen LogP contribution in [-0.2, 0) is 4.74 Å². The maximum Gasteiger partial charge on any atom is 0.200 e. The zero-order chi connectivity index (χ0) is 10.4. The summed E-state index contributed by atoms with van der Waals surface area (Å²) >= 11 is 0. The molecular weight excluding hydrogens is 188 g/mol. The minimum absolute atomic E-state index is 0.339. The van der Waals surface area contributed by atoms with E-state index in [1.807, 2.05) is 0 Å². The van der Waals surface area contributed by atoms with Crippen molar-refractivity contribution in [2.45, 2.75) is 6.92 Å². The van der Waals surface area contributed by atoms with Gasteiger partial charge in [0.2, 0.25) is 0 Å². The molecule has 0 aliphatic heterocycles. The van der Waals surface area contributed by atoms with Crippen molar-refractivity contribution in [3.8, 4) is 0 Å². The van der Waals surface area contributed by atoms with E-state index < -0.39 is 0 Å². The normalized spacial score (nSPS) is 11.7. The fourth-order valence-electron chi connectivity index (χ4n) is 0.861. The van der Waals surface area contributed by atoms with Crippen molar-refractivity contribution in [2.24, 2.45) is 5.16 Å². The van der Waals surface area contributed by atoms with Gasteiger partial charge in [0.1, 0.15) is 5.71 Å². The molecule has 7 nitrogen and oxygen atoms in total. The van der Waals surface area contributed by atoms with Crippen LogP contribution in [0.15, 0.2) is 9.78 Å². The molecule has 1 aromatic rings. The summed E-state index contributed by atoms with van der Waals surface area (Å²) in [5, 5.41) is 21.7. The molecule has 14 heavy (non-hydrogen) atoms. The fourth-order valence-corrected chi connectivity index (χ4v) is 0.861. The van der Waals surface area contributed by atoms with Gasteiger partial charge in [0.15, 0.2) is 11.5 Å². The molecule has 0 saturated heterocycles. The van der Waals surface area contributed by atoms with Gasteiger partial charge in [-0.25, -0.2) is 4.63 Å². The molecule has 0 radical (unpaired) electrons. The van der Waals surface area contributed by atoms with E-state index in [9.17, 15) is 0 Å². The number of nitrogens with zero attached hydrogens (tertiary/aromatic N) is 3. The van der Waals surface area contributed by atoms with E-state index in [1.54, 1.807) is 14.0 Å². The van der Waals surface area contributed by atoms with Gasteiger partial charge in [-0.1, -0.05) is 5.16 Å². The molecule has 0 atom stereocenters. The lowest BCUT2D eigenvalue weighted by atomic mass is 10.3. The van der Waals surface area contributed by atoms with E-state index in [2.05, 4.69) is 25.4 Å². The second-order valence-corrected chi connectivity index (χ2v) is 2.57. The Morgan fingerprint density at radius 2 is 2.43 bits per heavy atom. The fraction of sp³-hybridized carbons (Fsp3) is 0.571. The van der Waals surface area contributed by atoms with Crippen LogP contribution in [0.1, 0.15) is 12.6 Å². The average molecular weight is 200 g/mol. The highest BCUT2D eigenvalue weighted by Gasteiger charge is 2.12. The number of ether oxygens (including phenoxy) is 1. The third kappa shape index (κ3) is 2.43. The molecule has 1 rings (SSSR count). The molecular formula is C7H12N4O3. The molecule has 0 aliphatic carbocycles. The number of hydrogen-bond acceptors (Lipinski definition) is 7. The highest BCUT2D eigenvalue weighted by atomic mass is 16.6. The van der Waals surface area contributed by atoms with Crippen molar-refractivity contribution < 1.29 is 14.6 Å². The first-order valence-corrected chi connectivity index (χ1v) is 4.04. The monoisotopic (exact) mass is 200 g/mol. The Morgan fingerprint density at radius 1 is 1.64 bits per heavy atom. The summed E-state index contributed by atoms with van der Waals surface area (Å²) in [7, 11) is 1.60. The van der Waals surface area contributed by atoms with Crippen LogP contribution in [0, 0.1) is 0 Å². The lowest BCUT2D eigenvalue weighted by Gasteiger charge is -2.01. The highest BCUT2D eigenvalue weighted by molar-refractivity contribution is 6.00. The van der Waals surface area contributed by atoms with Gasteiger partial charge in [-0.2, -0.15) is 0 Å². The molecule has 0 spiro atoms. The lowest BCUT2D eigenvalue weighted by molar-refractivity contribution is 0.210. The maximum atomic E-state index is 8.53. The molecule has 78 valence electrons. The maximum absolute atomic E-state index is 8.53. The number of methoxy groups -OCH3 is 1. The predicted molar refractivity (Wildman–Crippen MR) is 48.7 cm³/mol. The Labute approximate surface area is 80.7 Å². The second-order valence-electron chi connectivity index (χ2n) is 2.57. The summed E-state index contributed by atoms with van der Waals surface area (Å²) in [5.41, 5.74) is 0.731. The zero-order valence-electron chi connectivity index (χ0n) is 8.02. The Balaban J connectivity index is 2.63. The first kappa shape index (κ1) is 10.5. The lowest BCUT2D eigenvalue weighted by Crippen LogP contribution is -2.10. The summed E-state index contributed by atoms with van der Waals surface area (Å²) in [5.74, 6) is 0.442. The van der Waals surface area contributed by atoms with Gasteiger partial charge in [-0.15, -0.1) is 0 Å². The van der Waals surface area contributed by atoms with Crippen LogP contribution in [0.2, 0.25) is 0 Å². The van der Waals surface area contributed by atoms with Gasteiger partial charge in [0.25, 0.3) is 0 Å². The van der Waals surface area contributed by atoms with Crippen molar-refractivity contribution in [1.29, 1.82) is 0 Å². The molecule has 2 N–H and O–H groups in total. The van der Waals surface area contributed by atoms with Gasteiger partial charge in [0.05, 0.1) is 6.61 Å². The van der Waals surface area contributed by atoms with Crippen LogP contribution >= 0.6 is 0 Å². The summed E-state index contributed by atoms with van der Waals surface area (Å²) < 4.78 is 9.35. The summed E-state index contributed by atoms with van der Waals surface area (Å²) in [6.07, 6.45) is 0. The molecule has 0 bridgehead atoms. The van der Waals surface area contributed by atoms with E-state index in [-0.39, 0.29) is 0 Å². The number of nitrogens with one attached hydrogen (secondary N) is 1. The van der Waals surface area contributed by atoms with Crippen molar-refractivity contribution in [1.82, 2.24) is 10.3 Å². The van der Waals surface area contributed by atoms with Crippen LogP contribution in [0.5, 0.6) is 0 Å². The summed E-state index contributed by atoms with van der Waals surface area (Å²) in [4.78, 5) is 0. The molecule has 0 saturated carbocycles. The van der Waals surface area contributed by atoms with Gasteiger partial charge in [0, 0.05) is 13.7 Å². The molecule has 7 heteroatoms. The van der Waals surface area contributed by atoms with Gasteiger partial charge >= 0.3 is 0 Å². The molecule has 1 aromatic heterocycles. The molecule has 0 aromatic carbocycles. The quantitative estimate of drug-likeness (QED) is 0.308. The Hall–Kier alpha value is -1.63. The minimum Gasteiger partial charge on any atom is -0.411 e. The Kier molecular flexibility index (Phi) is 3.86. The first-order chi connectivity index (χ1) is 6.79. The average Bonchev–Trinajstić information content (AvgIpc) is 2.65. The number of aromatic nitrogens is 2. The van der Waals surface area contributed by atoms with Crippen LogP contribution in [0.4, 0.5) is 5.82 Å². The first-order valence-electron chi connectivity index (χ1n) is 4.04. The summed E-state index contributed by atoms with van der Waals surface area (Å²) in [6, 6.07) is 0. The van der Waals surface area contributed by atoms with Crippen molar-refractivity contribution in [3.63, 3.8) is 0 Å². The molecule has 0 fully saturated rings.